The SMILES string of the molecule is CNC1CCCN(C(=O)COC(C)C)C1. The number of nitrogens with zero attached hydrogens (tertiary/aromatic N) is 1. The van der Waals surface area contributed by atoms with Gasteiger partial charge in [0.2, 0.25) is 5.91 Å². The molecule has 0 saturated carbocycles. The molecule has 1 heterocycles. The molecule has 0 aromatic carbocycles. The Balaban J connectivity index is 2.32. The van der Waals surface area contributed by atoms with Gasteiger partial charge in [-0.15, -0.1) is 0 Å². The second kappa shape index (κ2) is 6.08. The number of carbonyl (C=O) groups excluding carboxylic acids is 1. The first kappa shape index (κ1) is 12.5. The lowest BCUT2D eigenvalue weighted by Crippen LogP contribution is -2.48. The van der Waals surface area contributed by atoms with Crippen LogP contribution in [-0.2, 0) is 9.53 Å². The van der Waals surface area contributed by atoms with Gasteiger partial charge in [0.05, 0.1) is 6.10 Å². The molecule has 0 radical (unpaired) electrons. The molecular formula is C11H22N2O2. The molecule has 1 aliphatic rings. The average Bonchev–Trinajstić information content (AvgIpc) is 2.26. The van der Waals surface area contributed by atoms with E-state index in [4.69, 9.17) is 4.74 Å². The third-order valence-corrected chi connectivity index (χ3v) is 2.72. The van der Waals surface area contributed by atoms with Crippen molar-refractivity contribution in [2.45, 2.75) is 38.8 Å². The highest BCUT2D eigenvalue weighted by atomic mass is 16.5. The number of likely N-dealkylation sites (N-methyl/N-ethyl adjacent to an activating group) is 1. The van der Waals surface area contributed by atoms with Crippen LogP contribution < -0.4 is 5.32 Å². The van der Waals surface area contributed by atoms with Gasteiger partial charge in [-0.1, -0.05) is 0 Å². The lowest BCUT2D eigenvalue weighted by Gasteiger charge is -2.32. The molecule has 0 bridgehead atoms. The summed E-state index contributed by atoms with van der Waals surface area (Å²) in [6.07, 6.45) is 2.36. The van der Waals surface area contributed by atoms with Gasteiger partial charge in [0.15, 0.2) is 0 Å². The lowest BCUT2D eigenvalue weighted by molar-refractivity contribution is -0.138. The number of amides is 1. The smallest absolute Gasteiger partial charge is 0.248 e. The number of hydrogen-bond donors (Lipinski definition) is 1. The van der Waals surface area contributed by atoms with E-state index >= 15 is 0 Å². The van der Waals surface area contributed by atoms with Gasteiger partial charge in [-0.25, -0.2) is 0 Å². The van der Waals surface area contributed by atoms with Crippen LogP contribution >= 0.6 is 0 Å². The van der Waals surface area contributed by atoms with Crippen LogP contribution in [0.5, 0.6) is 0 Å². The second-order valence-electron chi connectivity index (χ2n) is 4.33. The largest absolute Gasteiger partial charge is 0.369 e. The van der Waals surface area contributed by atoms with E-state index in [0.717, 1.165) is 25.9 Å². The molecule has 15 heavy (non-hydrogen) atoms. The molecule has 1 N–H and O–H groups in total. The summed E-state index contributed by atoms with van der Waals surface area (Å²) in [5.74, 6) is 0.114. The first-order chi connectivity index (χ1) is 7.13. The fourth-order valence-corrected chi connectivity index (χ4v) is 1.77. The molecule has 4 heteroatoms. The zero-order chi connectivity index (χ0) is 11.3. The van der Waals surface area contributed by atoms with Crippen LogP contribution in [-0.4, -0.2) is 49.7 Å². The van der Waals surface area contributed by atoms with Crippen LogP contribution in [0.25, 0.3) is 0 Å². The third-order valence-electron chi connectivity index (χ3n) is 2.72. The van der Waals surface area contributed by atoms with Gasteiger partial charge in [-0.2, -0.15) is 0 Å². The predicted octanol–water partition coefficient (Wildman–Crippen LogP) is 0.622. The molecule has 1 aliphatic heterocycles. The molecule has 1 atom stereocenters. The highest BCUT2D eigenvalue weighted by Gasteiger charge is 2.22. The van der Waals surface area contributed by atoms with Crippen molar-refractivity contribution < 1.29 is 9.53 Å². The highest BCUT2D eigenvalue weighted by molar-refractivity contribution is 5.77. The van der Waals surface area contributed by atoms with E-state index in [9.17, 15) is 4.79 Å². The van der Waals surface area contributed by atoms with Crippen LogP contribution in [0.3, 0.4) is 0 Å². The fourth-order valence-electron chi connectivity index (χ4n) is 1.77. The normalized spacial score (nSPS) is 22.1. The molecule has 1 fully saturated rings. The molecule has 0 aromatic heterocycles. The van der Waals surface area contributed by atoms with E-state index in [0.29, 0.717) is 6.04 Å². The summed E-state index contributed by atoms with van der Waals surface area (Å²) in [5, 5.41) is 3.22. The number of ether oxygens (including phenoxy) is 1. The quantitative estimate of drug-likeness (QED) is 0.746. The molecule has 88 valence electrons. The highest BCUT2D eigenvalue weighted by Crippen LogP contribution is 2.10. The van der Waals surface area contributed by atoms with Crippen molar-refractivity contribution in [2.75, 3.05) is 26.7 Å². The molecule has 0 aromatic rings. The van der Waals surface area contributed by atoms with Crippen LogP contribution in [0.15, 0.2) is 0 Å². The van der Waals surface area contributed by atoms with Gasteiger partial charge in [0.25, 0.3) is 0 Å². The van der Waals surface area contributed by atoms with Crippen molar-refractivity contribution in [3.63, 3.8) is 0 Å². The van der Waals surface area contributed by atoms with E-state index < -0.39 is 0 Å². The van der Waals surface area contributed by atoms with Crippen molar-refractivity contribution in [2.24, 2.45) is 0 Å². The van der Waals surface area contributed by atoms with E-state index in [1.807, 2.05) is 25.8 Å². The molecule has 4 nitrogen and oxygen atoms in total. The lowest BCUT2D eigenvalue weighted by atomic mass is 10.1. The van der Waals surface area contributed by atoms with E-state index in [2.05, 4.69) is 5.32 Å². The maximum absolute atomic E-state index is 11.7. The van der Waals surface area contributed by atoms with E-state index in [-0.39, 0.29) is 18.6 Å². The molecule has 1 rings (SSSR count). The minimum Gasteiger partial charge on any atom is -0.369 e. The Hall–Kier alpha value is -0.610. The first-order valence-corrected chi connectivity index (χ1v) is 5.70. The Labute approximate surface area is 92.0 Å². The predicted molar refractivity (Wildman–Crippen MR) is 59.7 cm³/mol. The molecule has 1 unspecified atom stereocenters. The van der Waals surface area contributed by atoms with E-state index in [1.165, 1.54) is 0 Å². The summed E-state index contributed by atoms with van der Waals surface area (Å²) < 4.78 is 5.31. The summed E-state index contributed by atoms with van der Waals surface area (Å²) in [4.78, 5) is 13.6. The van der Waals surface area contributed by atoms with Crippen molar-refractivity contribution in [3.05, 3.63) is 0 Å². The summed E-state index contributed by atoms with van der Waals surface area (Å²) in [6.45, 7) is 5.79. The van der Waals surface area contributed by atoms with Gasteiger partial charge in [-0.05, 0) is 33.7 Å². The number of rotatable bonds is 4. The van der Waals surface area contributed by atoms with Crippen LogP contribution in [0.1, 0.15) is 26.7 Å². The van der Waals surface area contributed by atoms with Gasteiger partial charge >= 0.3 is 0 Å². The monoisotopic (exact) mass is 214 g/mol. The van der Waals surface area contributed by atoms with Gasteiger partial charge in [0.1, 0.15) is 6.61 Å². The Kier molecular flexibility index (Phi) is 5.05. The summed E-state index contributed by atoms with van der Waals surface area (Å²) in [7, 11) is 1.95. The molecule has 1 saturated heterocycles. The van der Waals surface area contributed by atoms with Crippen molar-refractivity contribution in [3.8, 4) is 0 Å². The summed E-state index contributed by atoms with van der Waals surface area (Å²) in [5.41, 5.74) is 0. The van der Waals surface area contributed by atoms with Gasteiger partial charge < -0.3 is 15.0 Å². The van der Waals surface area contributed by atoms with Crippen LogP contribution in [0, 0.1) is 0 Å². The molecule has 0 aliphatic carbocycles. The molecule has 0 spiro atoms. The average molecular weight is 214 g/mol. The first-order valence-electron chi connectivity index (χ1n) is 5.70. The van der Waals surface area contributed by atoms with Crippen molar-refractivity contribution in [1.29, 1.82) is 0 Å². The Bertz CT molecular complexity index is 207. The topological polar surface area (TPSA) is 41.6 Å². The zero-order valence-corrected chi connectivity index (χ0v) is 9.95. The van der Waals surface area contributed by atoms with E-state index in [1.54, 1.807) is 0 Å². The number of likely N-dealkylation sites (tertiary alicyclic amines) is 1. The summed E-state index contributed by atoms with van der Waals surface area (Å²) >= 11 is 0. The van der Waals surface area contributed by atoms with Crippen molar-refractivity contribution in [1.82, 2.24) is 10.2 Å². The molecule has 1 amide bonds. The van der Waals surface area contributed by atoms with Gasteiger partial charge in [0, 0.05) is 19.1 Å². The second-order valence-corrected chi connectivity index (χ2v) is 4.33. The number of carbonyl (C=O) groups is 1. The minimum absolute atomic E-state index is 0.114. The minimum atomic E-state index is 0.114. The Morgan fingerprint density at radius 2 is 2.33 bits per heavy atom. The molecular weight excluding hydrogens is 192 g/mol. The number of nitrogens with one attached hydrogen (secondary N) is 1. The van der Waals surface area contributed by atoms with Crippen molar-refractivity contribution >= 4 is 5.91 Å². The van der Waals surface area contributed by atoms with Gasteiger partial charge in [-0.3, -0.25) is 4.79 Å². The third kappa shape index (κ3) is 4.18. The summed E-state index contributed by atoms with van der Waals surface area (Å²) in [6, 6.07) is 0.446. The standard InChI is InChI=1S/C11H22N2O2/c1-9(2)15-8-11(14)13-6-4-5-10(7-13)12-3/h9-10,12H,4-8H2,1-3H3. The number of piperidine rings is 1. The van der Waals surface area contributed by atoms with Crippen LogP contribution in [0.2, 0.25) is 0 Å². The van der Waals surface area contributed by atoms with Crippen LogP contribution in [0.4, 0.5) is 0 Å². The maximum atomic E-state index is 11.7. The fraction of sp³-hybridized carbons (Fsp3) is 0.909. The number of hydrogen-bond acceptors (Lipinski definition) is 3. The maximum Gasteiger partial charge on any atom is 0.248 e. The Morgan fingerprint density at radius 1 is 1.60 bits per heavy atom. The zero-order valence-electron chi connectivity index (χ0n) is 9.95. The Morgan fingerprint density at radius 3 is 2.93 bits per heavy atom.